The minimum Gasteiger partial charge on any atom is -0.495 e. The molecule has 7 heteroatoms. The Labute approximate surface area is 131 Å². The second-order valence-electron chi connectivity index (χ2n) is 3.98. The van der Waals surface area contributed by atoms with Crippen molar-refractivity contribution in [3.05, 3.63) is 51.8 Å². The molecule has 1 aromatic carbocycles. The quantitative estimate of drug-likeness (QED) is 0.877. The number of nitriles is 1. The van der Waals surface area contributed by atoms with Gasteiger partial charge >= 0.3 is 0 Å². The molecule has 1 N–H and O–H groups in total. The maximum Gasteiger partial charge on any atom is 0.257 e. The lowest BCUT2D eigenvalue weighted by Gasteiger charge is -2.10. The van der Waals surface area contributed by atoms with E-state index >= 15 is 0 Å². The lowest BCUT2D eigenvalue weighted by molar-refractivity contribution is 0.102. The molecule has 21 heavy (non-hydrogen) atoms. The molecule has 0 aliphatic heterocycles. The molecule has 0 aliphatic carbocycles. The van der Waals surface area contributed by atoms with Crippen molar-refractivity contribution in [2.45, 2.75) is 0 Å². The van der Waals surface area contributed by atoms with Crippen molar-refractivity contribution in [1.82, 2.24) is 4.98 Å². The second kappa shape index (κ2) is 6.44. The van der Waals surface area contributed by atoms with E-state index in [0.29, 0.717) is 17.0 Å². The molecule has 0 atom stereocenters. The SMILES string of the molecule is COc1cc(C#N)ccc1NC(=O)c1cnc(Cl)c(Cl)c1. The third kappa shape index (κ3) is 3.43. The van der Waals surface area contributed by atoms with Gasteiger partial charge in [-0.2, -0.15) is 5.26 Å². The molecular formula is C14H9Cl2N3O2. The molecule has 0 unspecified atom stereocenters. The van der Waals surface area contributed by atoms with Crippen LogP contribution in [0.25, 0.3) is 0 Å². The number of amides is 1. The van der Waals surface area contributed by atoms with Crippen LogP contribution < -0.4 is 10.1 Å². The molecular weight excluding hydrogens is 313 g/mol. The average molecular weight is 322 g/mol. The molecule has 0 bridgehead atoms. The summed E-state index contributed by atoms with van der Waals surface area (Å²) in [4.78, 5) is 15.9. The summed E-state index contributed by atoms with van der Waals surface area (Å²) in [7, 11) is 1.45. The average Bonchev–Trinajstić information content (AvgIpc) is 2.50. The van der Waals surface area contributed by atoms with Gasteiger partial charge in [0.1, 0.15) is 10.9 Å². The Balaban J connectivity index is 2.27. The van der Waals surface area contributed by atoms with Gasteiger partial charge in [-0.25, -0.2) is 4.98 Å². The van der Waals surface area contributed by atoms with Crippen molar-refractivity contribution in [2.75, 3.05) is 12.4 Å². The zero-order valence-corrected chi connectivity index (χ0v) is 12.4. The standard InChI is InChI=1S/C14H9Cl2N3O2/c1-21-12-4-8(6-17)2-3-11(12)19-14(20)9-5-10(15)13(16)18-7-9/h2-5,7H,1H3,(H,19,20). The Morgan fingerprint density at radius 2 is 2.14 bits per heavy atom. The number of carbonyl (C=O) groups is 1. The maximum atomic E-state index is 12.1. The first kappa shape index (κ1) is 15.1. The van der Waals surface area contributed by atoms with Gasteiger partial charge in [0, 0.05) is 12.3 Å². The number of nitrogens with one attached hydrogen (secondary N) is 1. The van der Waals surface area contributed by atoms with Crippen molar-refractivity contribution in [2.24, 2.45) is 0 Å². The fourth-order valence-corrected chi connectivity index (χ4v) is 1.87. The Kier molecular flexibility index (Phi) is 4.63. The molecule has 0 saturated heterocycles. The van der Waals surface area contributed by atoms with Crippen LogP contribution in [0.15, 0.2) is 30.5 Å². The van der Waals surface area contributed by atoms with E-state index in [-0.39, 0.29) is 15.7 Å². The first-order chi connectivity index (χ1) is 10.0. The largest absolute Gasteiger partial charge is 0.495 e. The number of carbonyl (C=O) groups excluding carboxylic acids is 1. The number of hydrogen-bond donors (Lipinski definition) is 1. The lowest BCUT2D eigenvalue weighted by Crippen LogP contribution is -2.13. The molecule has 0 fully saturated rings. The van der Waals surface area contributed by atoms with Gasteiger partial charge in [0.15, 0.2) is 0 Å². The highest BCUT2D eigenvalue weighted by molar-refractivity contribution is 6.41. The van der Waals surface area contributed by atoms with Crippen LogP contribution in [-0.4, -0.2) is 18.0 Å². The Morgan fingerprint density at radius 3 is 2.76 bits per heavy atom. The first-order valence-electron chi connectivity index (χ1n) is 5.75. The van der Waals surface area contributed by atoms with E-state index in [9.17, 15) is 4.79 Å². The van der Waals surface area contributed by atoms with Gasteiger partial charge in [-0.05, 0) is 18.2 Å². The number of pyridine rings is 1. The predicted molar refractivity (Wildman–Crippen MR) is 79.9 cm³/mol. The van der Waals surface area contributed by atoms with Crippen molar-refractivity contribution in [3.63, 3.8) is 0 Å². The fourth-order valence-electron chi connectivity index (χ4n) is 1.60. The second-order valence-corrected chi connectivity index (χ2v) is 4.74. The van der Waals surface area contributed by atoms with E-state index in [1.54, 1.807) is 12.1 Å². The highest BCUT2D eigenvalue weighted by Crippen LogP contribution is 2.26. The maximum absolute atomic E-state index is 12.1. The van der Waals surface area contributed by atoms with E-state index in [1.807, 2.05) is 6.07 Å². The first-order valence-corrected chi connectivity index (χ1v) is 6.51. The molecule has 0 saturated carbocycles. The zero-order chi connectivity index (χ0) is 15.4. The summed E-state index contributed by atoms with van der Waals surface area (Å²) in [6.45, 7) is 0. The van der Waals surface area contributed by atoms with E-state index < -0.39 is 5.91 Å². The fraction of sp³-hybridized carbons (Fsp3) is 0.0714. The van der Waals surface area contributed by atoms with Crippen molar-refractivity contribution >= 4 is 34.8 Å². The summed E-state index contributed by atoms with van der Waals surface area (Å²) in [6.07, 6.45) is 1.32. The number of hydrogen-bond acceptors (Lipinski definition) is 4. The zero-order valence-electron chi connectivity index (χ0n) is 10.9. The van der Waals surface area contributed by atoms with Crippen LogP contribution in [0.2, 0.25) is 10.2 Å². The van der Waals surface area contributed by atoms with Crippen LogP contribution in [0, 0.1) is 11.3 Å². The Hall–Kier alpha value is -2.29. The normalized spacial score (nSPS) is 9.81. The van der Waals surface area contributed by atoms with Gasteiger partial charge in [0.25, 0.3) is 5.91 Å². The third-order valence-electron chi connectivity index (χ3n) is 2.64. The summed E-state index contributed by atoms with van der Waals surface area (Å²) in [6, 6.07) is 8.10. The molecule has 0 aliphatic rings. The number of methoxy groups -OCH3 is 1. The van der Waals surface area contributed by atoms with Crippen LogP contribution >= 0.6 is 23.2 Å². The smallest absolute Gasteiger partial charge is 0.257 e. The molecule has 1 amide bonds. The highest BCUT2D eigenvalue weighted by Gasteiger charge is 2.12. The van der Waals surface area contributed by atoms with Crippen LogP contribution in [0.5, 0.6) is 5.75 Å². The van der Waals surface area contributed by atoms with Crippen LogP contribution in [0.3, 0.4) is 0 Å². The molecule has 2 rings (SSSR count). The predicted octanol–water partition coefficient (Wildman–Crippen LogP) is 3.52. The van der Waals surface area contributed by atoms with E-state index in [0.717, 1.165) is 0 Å². The number of nitrogens with zero attached hydrogens (tertiary/aromatic N) is 2. The monoisotopic (exact) mass is 321 g/mol. The summed E-state index contributed by atoms with van der Waals surface area (Å²) < 4.78 is 5.14. The summed E-state index contributed by atoms with van der Waals surface area (Å²) in [5.74, 6) is -0.0282. The summed E-state index contributed by atoms with van der Waals surface area (Å²) >= 11 is 11.5. The number of halogens is 2. The minimum absolute atomic E-state index is 0.129. The van der Waals surface area contributed by atoms with Gasteiger partial charge in [-0.1, -0.05) is 23.2 Å². The lowest BCUT2D eigenvalue weighted by atomic mass is 10.2. The van der Waals surface area contributed by atoms with Gasteiger partial charge in [0.2, 0.25) is 0 Å². The molecule has 5 nitrogen and oxygen atoms in total. The number of aromatic nitrogens is 1. The van der Waals surface area contributed by atoms with Crippen molar-refractivity contribution in [3.8, 4) is 11.8 Å². The molecule has 2 aromatic rings. The highest BCUT2D eigenvalue weighted by atomic mass is 35.5. The van der Waals surface area contributed by atoms with Crippen LogP contribution in [0.4, 0.5) is 5.69 Å². The third-order valence-corrected chi connectivity index (χ3v) is 3.32. The molecule has 106 valence electrons. The van der Waals surface area contributed by atoms with E-state index in [1.165, 1.54) is 25.4 Å². The Bertz CT molecular complexity index is 741. The number of ether oxygens (including phenoxy) is 1. The summed E-state index contributed by atoms with van der Waals surface area (Å²) in [5, 5.41) is 11.8. The Morgan fingerprint density at radius 1 is 1.38 bits per heavy atom. The van der Waals surface area contributed by atoms with Gasteiger partial charge in [-0.3, -0.25) is 4.79 Å². The number of rotatable bonds is 3. The molecule has 1 aromatic heterocycles. The van der Waals surface area contributed by atoms with Crippen LogP contribution in [0.1, 0.15) is 15.9 Å². The number of anilines is 1. The van der Waals surface area contributed by atoms with Gasteiger partial charge in [-0.15, -0.1) is 0 Å². The molecule has 0 radical (unpaired) electrons. The minimum atomic E-state index is -0.413. The van der Waals surface area contributed by atoms with Crippen LogP contribution in [-0.2, 0) is 0 Å². The van der Waals surface area contributed by atoms with Gasteiger partial charge in [0.05, 0.1) is 35.0 Å². The number of benzene rings is 1. The van der Waals surface area contributed by atoms with Crippen molar-refractivity contribution < 1.29 is 9.53 Å². The van der Waals surface area contributed by atoms with Gasteiger partial charge < -0.3 is 10.1 Å². The topological polar surface area (TPSA) is 75.0 Å². The van der Waals surface area contributed by atoms with Crippen molar-refractivity contribution in [1.29, 1.82) is 5.26 Å². The molecule has 1 heterocycles. The molecule has 0 spiro atoms. The van der Waals surface area contributed by atoms with E-state index in [2.05, 4.69) is 10.3 Å². The summed E-state index contributed by atoms with van der Waals surface area (Å²) in [5.41, 5.74) is 1.13. The van der Waals surface area contributed by atoms with E-state index in [4.69, 9.17) is 33.2 Å².